The molecule has 0 aromatic heterocycles. The summed E-state index contributed by atoms with van der Waals surface area (Å²) >= 11 is 12.9. The molecule has 0 N–H and O–H groups in total. The lowest BCUT2D eigenvalue weighted by Gasteiger charge is -2.10. The lowest BCUT2D eigenvalue weighted by Crippen LogP contribution is -2.09. The van der Waals surface area contributed by atoms with Crippen LogP contribution in [0.25, 0.3) is 6.08 Å². The number of cyclic esters (lactones) is 1. The highest BCUT2D eigenvalue weighted by Crippen LogP contribution is 2.36. The smallest absolute Gasteiger partial charge is 0.363 e. The Balaban J connectivity index is 1.62. The number of benzene rings is 3. The summed E-state index contributed by atoms with van der Waals surface area (Å²) in [5.41, 5.74) is 0.802. The first-order valence-corrected chi connectivity index (χ1v) is 11.4. The van der Waals surface area contributed by atoms with Gasteiger partial charge in [0.05, 0.1) is 30.0 Å². The molecule has 1 aliphatic heterocycles. The molecule has 3 aromatic rings. The summed E-state index contributed by atoms with van der Waals surface area (Å²) in [5.74, 6) is -1.16. The molecule has 1 heterocycles. The van der Waals surface area contributed by atoms with Crippen molar-refractivity contribution in [3.05, 3.63) is 107 Å². The summed E-state index contributed by atoms with van der Waals surface area (Å²) in [6.45, 7) is 0. The van der Waals surface area contributed by atoms with Gasteiger partial charge in [-0.3, -0.25) is 10.1 Å². The molecule has 0 aliphatic carbocycles. The molecule has 3 aromatic carbocycles. The Labute approximate surface area is 214 Å². The molecular formula is C23H11Br2ClN2O6. The number of aliphatic imine (C=N–C) groups is 1. The van der Waals surface area contributed by atoms with Crippen LogP contribution in [0.3, 0.4) is 0 Å². The molecule has 0 fully saturated rings. The summed E-state index contributed by atoms with van der Waals surface area (Å²) in [6.07, 6.45) is 1.46. The second-order valence-electron chi connectivity index (χ2n) is 6.83. The molecule has 0 atom stereocenters. The van der Waals surface area contributed by atoms with Crippen LogP contribution in [-0.4, -0.2) is 22.8 Å². The van der Waals surface area contributed by atoms with Crippen molar-refractivity contribution in [3.8, 4) is 5.75 Å². The summed E-state index contributed by atoms with van der Waals surface area (Å²) in [7, 11) is 0. The molecule has 4 rings (SSSR count). The number of nitrogens with zero attached hydrogens (tertiary/aromatic N) is 2. The lowest BCUT2D eigenvalue weighted by molar-refractivity contribution is -0.384. The highest BCUT2D eigenvalue weighted by atomic mass is 79.9. The molecule has 0 saturated heterocycles. The minimum absolute atomic E-state index is 0.0367. The SMILES string of the molecule is O=C1OC(c2cc([N+](=O)[O-])ccc2Cl)=N/C1=C\c1cc(Br)c(OC(=O)c2ccccc2)c(Br)c1. The molecule has 170 valence electrons. The average Bonchev–Trinajstić information content (AvgIpc) is 3.16. The molecule has 34 heavy (non-hydrogen) atoms. The lowest BCUT2D eigenvalue weighted by atomic mass is 10.2. The van der Waals surface area contributed by atoms with Crippen molar-refractivity contribution < 1.29 is 24.0 Å². The largest absolute Gasteiger partial charge is 0.421 e. The number of hydrogen-bond donors (Lipinski definition) is 0. The molecule has 1 aliphatic rings. The number of rotatable bonds is 5. The predicted molar refractivity (Wildman–Crippen MR) is 132 cm³/mol. The van der Waals surface area contributed by atoms with Crippen LogP contribution in [-0.2, 0) is 9.53 Å². The number of hydrogen-bond acceptors (Lipinski definition) is 7. The number of carbonyl (C=O) groups is 2. The third-order valence-electron chi connectivity index (χ3n) is 4.54. The maximum Gasteiger partial charge on any atom is 0.363 e. The highest BCUT2D eigenvalue weighted by Gasteiger charge is 2.27. The van der Waals surface area contributed by atoms with Crippen molar-refractivity contribution in [1.29, 1.82) is 0 Å². The minimum Gasteiger partial charge on any atom is -0.421 e. The van der Waals surface area contributed by atoms with Gasteiger partial charge < -0.3 is 9.47 Å². The van der Waals surface area contributed by atoms with E-state index in [2.05, 4.69) is 36.9 Å². The summed E-state index contributed by atoms with van der Waals surface area (Å²) in [5, 5.41) is 11.2. The molecule has 0 bridgehead atoms. The van der Waals surface area contributed by atoms with Crippen molar-refractivity contribution >= 4 is 73.1 Å². The number of carbonyl (C=O) groups excluding carboxylic acids is 2. The third kappa shape index (κ3) is 5.09. The van der Waals surface area contributed by atoms with Gasteiger partial charge in [0, 0.05) is 12.1 Å². The summed E-state index contributed by atoms with van der Waals surface area (Å²) in [4.78, 5) is 39.4. The van der Waals surface area contributed by atoms with Crippen LogP contribution < -0.4 is 4.74 Å². The van der Waals surface area contributed by atoms with E-state index in [0.29, 0.717) is 20.1 Å². The molecule has 11 heteroatoms. The van der Waals surface area contributed by atoms with Gasteiger partial charge in [-0.05, 0) is 73.8 Å². The molecule has 0 spiro atoms. The fourth-order valence-corrected chi connectivity index (χ4v) is 4.54. The minimum atomic E-state index is -0.746. The van der Waals surface area contributed by atoms with E-state index in [-0.39, 0.29) is 33.6 Å². The van der Waals surface area contributed by atoms with Crippen LogP contribution >= 0.6 is 43.5 Å². The van der Waals surface area contributed by atoms with Gasteiger partial charge in [-0.2, -0.15) is 0 Å². The standard InChI is InChI=1S/C23H11Br2ClN2O6/c24-16-8-12(9-17(25)20(16)33-22(29)13-4-2-1-3-5-13)10-19-23(30)34-21(27-19)15-11-14(28(31)32)6-7-18(15)26/h1-11H/b19-10-. The van der Waals surface area contributed by atoms with Crippen LogP contribution in [0.1, 0.15) is 21.5 Å². The molecule has 0 radical (unpaired) electrons. The fourth-order valence-electron chi connectivity index (χ4n) is 2.96. The van der Waals surface area contributed by atoms with Gasteiger partial charge in [-0.1, -0.05) is 29.8 Å². The Hall–Kier alpha value is -3.34. The van der Waals surface area contributed by atoms with E-state index in [1.54, 1.807) is 42.5 Å². The number of non-ortho nitro benzene ring substituents is 1. The van der Waals surface area contributed by atoms with Crippen LogP contribution in [0, 0.1) is 10.1 Å². The molecule has 0 saturated carbocycles. The first-order valence-electron chi connectivity index (χ1n) is 9.46. The van der Waals surface area contributed by atoms with E-state index in [1.165, 1.54) is 24.3 Å². The van der Waals surface area contributed by atoms with E-state index < -0.39 is 16.9 Å². The fraction of sp³-hybridized carbons (Fsp3) is 0. The van der Waals surface area contributed by atoms with Crippen molar-refractivity contribution in [3.63, 3.8) is 0 Å². The number of nitro benzene ring substituents is 1. The molecule has 8 nitrogen and oxygen atoms in total. The highest BCUT2D eigenvalue weighted by molar-refractivity contribution is 9.11. The molecule has 0 amide bonds. The van der Waals surface area contributed by atoms with Crippen molar-refractivity contribution in [2.75, 3.05) is 0 Å². The summed E-state index contributed by atoms with van der Waals surface area (Å²) < 4.78 is 11.6. The van der Waals surface area contributed by atoms with Gasteiger partial charge in [-0.25, -0.2) is 14.6 Å². The Morgan fingerprint density at radius 2 is 1.76 bits per heavy atom. The van der Waals surface area contributed by atoms with Crippen LogP contribution in [0.2, 0.25) is 5.02 Å². The monoisotopic (exact) mass is 604 g/mol. The normalized spacial score (nSPS) is 14.0. The number of ether oxygens (including phenoxy) is 2. The van der Waals surface area contributed by atoms with Gasteiger partial charge in [0.1, 0.15) is 0 Å². The van der Waals surface area contributed by atoms with Gasteiger partial charge in [-0.15, -0.1) is 0 Å². The second kappa shape index (κ2) is 9.88. The van der Waals surface area contributed by atoms with Crippen molar-refractivity contribution in [1.82, 2.24) is 0 Å². The number of esters is 2. The van der Waals surface area contributed by atoms with Crippen LogP contribution in [0.15, 0.2) is 80.3 Å². The van der Waals surface area contributed by atoms with E-state index in [0.717, 1.165) is 0 Å². The van der Waals surface area contributed by atoms with Crippen molar-refractivity contribution in [2.24, 2.45) is 4.99 Å². The van der Waals surface area contributed by atoms with E-state index >= 15 is 0 Å². The quantitative estimate of drug-likeness (QED) is 0.110. The third-order valence-corrected chi connectivity index (χ3v) is 6.05. The second-order valence-corrected chi connectivity index (χ2v) is 8.94. The van der Waals surface area contributed by atoms with E-state index in [1.807, 2.05) is 0 Å². The maximum atomic E-state index is 12.4. The first-order chi connectivity index (χ1) is 16.2. The average molecular weight is 607 g/mol. The van der Waals surface area contributed by atoms with Gasteiger partial charge in [0.2, 0.25) is 5.90 Å². The summed E-state index contributed by atoms with van der Waals surface area (Å²) in [6, 6.07) is 15.5. The number of nitro groups is 1. The van der Waals surface area contributed by atoms with Gasteiger partial charge in [0.15, 0.2) is 11.4 Å². The van der Waals surface area contributed by atoms with Crippen molar-refractivity contribution in [2.45, 2.75) is 0 Å². The van der Waals surface area contributed by atoms with E-state index in [9.17, 15) is 19.7 Å². The Kier molecular flexibility index (Phi) is 6.92. The molecular weight excluding hydrogens is 596 g/mol. The Morgan fingerprint density at radius 3 is 2.41 bits per heavy atom. The zero-order valence-electron chi connectivity index (χ0n) is 16.8. The Morgan fingerprint density at radius 1 is 1.09 bits per heavy atom. The van der Waals surface area contributed by atoms with E-state index in [4.69, 9.17) is 21.1 Å². The van der Waals surface area contributed by atoms with Crippen LogP contribution in [0.5, 0.6) is 5.75 Å². The van der Waals surface area contributed by atoms with Gasteiger partial charge in [0.25, 0.3) is 5.69 Å². The first kappa shape index (κ1) is 23.8. The maximum absolute atomic E-state index is 12.4. The Bertz CT molecular complexity index is 1380. The zero-order chi connectivity index (χ0) is 24.4. The molecule has 0 unspecified atom stereocenters. The zero-order valence-corrected chi connectivity index (χ0v) is 20.8. The van der Waals surface area contributed by atoms with Crippen LogP contribution in [0.4, 0.5) is 5.69 Å². The topological polar surface area (TPSA) is 108 Å². The number of halogens is 3. The predicted octanol–water partition coefficient (Wildman–Crippen LogP) is 6.34. The van der Waals surface area contributed by atoms with Gasteiger partial charge >= 0.3 is 11.9 Å².